The van der Waals surface area contributed by atoms with E-state index in [1.165, 1.54) is 11.3 Å². The lowest BCUT2D eigenvalue weighted by molar-refractivity contribution is 0.109. The van der Waals surface area contributed by atoms with E-state index in [9.17, 15) is 10.2 Å². The highest BCUT2D eigenvalue weighted by molar-refractivity contribution is 7.13. The topological polar surface area (TPSA) is 69.1 Å². The van der Waals surface area contributed by atoms with Crippen LogP contribution >= 0.6 is 11.3 Å². The van der Waals surface area contributed by atoms with Crippen molar-refractivity contribution in [2.24, 2.45) is 5.92 Å². The first-order valence-corrected chi connectivity index (χ1v) is 10.8. The molecule has 1 aromatic carbocycles. The Morgan fingerprint density at radius 1 is 1.18 bits per heavy atom. The van der Waals surface area contributed by atoms with Gasteiger partial charge in [0.25, 0.3) is 0 Å². The average Bonchev–Trinajstić information content (AvgIpc) is 2.98. The highest BCUT2D eigenvalue weighted by Crippen LogP contribution is 2.29. The van der Waals surface area contributed by atoms with Crippen molar-refractivity contribution in [2.45, 2.75) is 33.3 Å². The largest absolute Gasteiger partial charge is 0.498 e. The second-order valence-electron chi connectivity index (χ2n) is 7.82. The van der Waals surface area contributed by atoms with E-state index in [2.05, 4.69) is 40.8 Å². The maximum atomic E-state index is 10.4. The van der Waals surface area contributed by atoms with Crippen LogP contribution in [0.4, 0.5) is 5.69 Å². The number of aromatic nitrogens is 1. The van der Waals surface area contributed by atoms with Gasteiger partial charge in [0.05, 0.1) is 29.1 Å². The summed E-state index contributed by atoms with van der Waals surface area (Å²) >= 11 is 1.25. The monoisotopic (exact) mass is 405 g/mol. The lowest BCUT2D eigenvalue weighted by atomic mass is 10.2. The van der Waals surface area contributed by atoms with E-state index in [4.69, 9.17) is 4.74 Å². The van der Waals surface area contributed by atoms with Crippen LogP contribution < -0.4 is 9.64 Å². The highest BCUT2D eigenvalue weighted by Gasteiger charge is 2.22. The van der Waals surface area contributed by atoms with E-state index in [0.717, 1.165) is 49.2 Å². The van der Waals surface area contributed by atoms with Gasteiger partial charge >= 0.3 is 0 Å². The fraction of sp³-hybridized carbons (Fsp3) is 0.571. The number of piperazine rings is 1. The number of hydrogen-bond donors (Lipinski definition) is 2. The average molecular weight is 406 g/mol. The maximum Gasteiger partial charge on any atom is 0.194 e. The number of ether oxygens (including phenoxy) is 1. The number of benzene rings is 1. The molecule has 0 spiro atoms. The number of hydrogen-bond acceptors (Lipinski definition) is 7. The standard InChI is InChI=1S/C21H31N3O3S/c1-15(2)14-27-19-7-5-4-6-18(19)24-10-8-23(9-11-24)13-17(25)12-20-22-16(3)21(26)28-20/h4-7,15,17,25-26H,8-14H2,1-3H3. The van der Waals surface area contributed by atoms with Gasteiger partial charge in [-0.25, -0.2) is 4.98 Å². The Morgan fingerprint density at radius 3 is 2.54 bits per heavy atom. The number of thiazole rings is 1. The van der Waals surface area contributed by atoms with Crippen LogP contribution in [-0.2, 0) is 6.42 Å². The molecule has 0 bridgehead atoms. The number of nitrogens with zero attached hydrogens (tertiary/aromatic N) is 3. The van der Waals surface area contributed by atoms with Crippen LogP contribution in [0.3, 0.4) is 0 Å². The lowest BCUT2D eigenvalue weighted by Crippen LogP contribution is -2.49. The van der Waals surface area contributed by atoms with Gasteiger partial charge in [-0.15, -0.1) is 0 Å². The lowest BCUT2D eigenvalue weighted by Gasteiger charge is -2.37. The molecule has 1 saturated heterocycles. The first-order valence-electron chi connectivity index (χ1n) is 9.95. The molecule has 1 fully saturated rings. The molecule has 0 saturated carbocycles. The molecular weight excluding hydrogens is 374 g/mol. The number of aromatic hydroxyl groups is 1. The van der Waals surface area contributed by atoms with Crippen LogP contribution in [0, 0.1) is 12.8 Å². The maximum absolute atomic E-state index is 10.4. The Balaban J connectivity index is 1.50. The first kappa shape index (κ1) is 20.9. The van der Waals surface area contributed by atoms with Gasteiger partial charge in [0.1, 0.15) is 5.75 Å². The number of rotatable bonds is 8. The number of aliphatic hydroxyl groups excluding tert-OH is 1. The van der Waals surface area contributed by atoms with Gasteiger partial charge < -0.3 is 19.8 Å². The van der Waals surface area contributed by atoms with Gasteiger partial charge in [-0.3, -0.25) is 4.90 Å². The fourth-order valence-electron chi connectivity index (χ4n) is 3.36. The molecule has 1 unspecified atom stereocenters. The summed E-state index contributed by atoms with van der Waals surface area (Å²) in [6.07, 6.45) is 0.0104. The molecule has 2 heterocycles. The summed E-state index contributed by atoms with van der Waals surface area (Å²) in [6, 6.07) is 8.24. The molecule has 1 aliphatic rings. The summed E-state index contributed by atoms with van der Waals surface area (Å²) in [7, 11) is 0. The van der Waals surface area contributed by atoms with E-state index in [1.807, 2.05) is 12.1 Å². The summed E-state index contributed by atoms with van der Waals surface area (Å²) in [5.41, 5.74) is 1.79. The van der Waals surface area contributed by atoms with Crippen molar-refractivity contribution in [2.75, 3.05) is 44.2 Å². The minimum atomic E-state index is -0.474. The SMILES string of the molecule is Cc1nc(CC(O)CN2CCN(c3ccccc3OCC(C)C)CC2)sc1O. The molecule has 0 radical (unpaired) electrons. The summed E-state index contributed by atoms with van der Waals surface area (Å²) in [6.45, 7) is 11.0. The van der Waals surface area contributed by atoms with Gasteiger partial charge in [-0.1, -0.05) is 37.3 Å². The molecule has 28 heavy (non-hydrogen) atoms. The molecule has 154 valence electrons. The minimum Gasteiger partial charge on any atom is -0.498 e. The molecule has 2 N–H and O–H groups in total. The Kier molecular flexibility index (Phi) is 7.15. The second-order valence-corrected chi connectivity index (χ2v) is 8.88. The summed E-state index contributed by atoms with van der Waals surface area (Å²) < 4.78 is 6.00. The van der Waals surface area contributed by atoms with Crippen LogP contribution in [0.1, 0.15) is 24.5 Å². The zero-order chi connectivity index (χ0) is 20.1. The van der Waals surface area contributed by atoms with Crippen molar-refractivity contribution in [1.82, 2.24) is 9.88 Å². The molecular formula is C21H31N3O3S. The van der Waals surface area contributed by atoms with Gasteiger partial charge in [0.2, 0.25) is 0 Å². The van der Waals surface area contributed by atoms with E-state index in [-0.39, 0.29) is 5.06 Å². The third-order valence-corrected chi connectivity index (χ3v) is 5.83. The zero-order valence-electron chi connectivity index (χ0n) is 17.0. The second kappa shape index (κ2) is 9.58. The van der Waals surface area contributed by atoms with Crippen molar-refractivity contribution < 1.29 is 14.9 Å². The molecule has 2 aromatic rings. The Bertz CT molecular complexity index is 738. The fourth-order valence-corrected chi connectivity index (χ4v) is 4.24. The number of aryl methyl sites for hydroxylation is 1. The van der Waals surface area contributed by atoms with Crippen LogP contribution in [0.25, 0.3) is 0 Å². The molecule has 3 rings (SSSR count). The molecule has 1 atom stereocenters. The van der Waals surface area contributed by atoms with E-state index < -0.39 is 6.10 Å². The summed E-state index contributed by atoms with van der Waals surface area (Å²) in [5, 5.41) is 21.1. The van der Waals surface area contributed by atoms with Gasteiger partial charge in [0, 0.05) is 39.1 Å². The summed E-state index contributed by atoms with van der Waals surface area (Å²) in [5.74, 6) is 1.44. The normalized spacial score (nSPS) is 16.5. The van der Waals surface area contributed by atoms with Crippen LogP contribution in [0.15, 0.2) is 24.3 Å². The van der Waals surface area contributed by atoms with E-state index >= 15 is 0 Å². The van der Waals surface area contributed by atoms with Gasteiger partial charge in [-0.2, -0.15) is 0 Å². The molecule has 1 aliphatic heterocycles. The highest BCUT2D eigenvalue weighted by atomic mass is 32.1. The van der Waals surface area contributed by atoms with E-state index in [1.54, 1.807) is 6.92 Å². The summed E-state index contributed by atoms with van der Waals surface area (Å²) in [4.78, 5) is 8.95. The Hall–Kier alpha value is -1.83. The number of anilines is 1. The predicted molar refractivity (Wildman–Crippen MR) is 114 cm³/mol. The molecule has 6 nitrogen and oxygen atoms in total. The van der Waals surface area contributed by atoms with Crippen LogP contribution in [-0.4, -0.2) is 65.5 Å². The Labute approximate surface area is 171 Å². The van der Waals surface area contributed by atoms with Crippen molar-refractivity contribution >= 4 is 17.0 Å². The molecule has 0 amide bonds. The van der Waals surface area contributed by atoms with Crippen molar-refractivity contribution in [1.29, 1.82) is 0 Å². The molecule has 1 aromatic heterocycles. The number of β-amino-alcohol motifs (C(OH)–C–C–N with tert-alkyl or cyclic N) is 1. The zero-order valence-corrected chi connectivity index (χ0v) is 17.8. The van der Waals surface area contributed by atoms with Crippen LogP contribution in [0.2, 0.25) is 0 Å². The molecule has 7 heteroatoms. The third-order valence-electron chi connectivity index (χ3n) is 4.85. The quantitative estimate of drug-likeness (QED) is 0.704. The van der Waals surface area contributed by atoms with Crippen molar-refractivity contribution in [3.8, 4) is 10.8 Å². The number of aliphatic hydroxyl groups is 1. The third kappa shape index (κ3) is 5.59. The molecule has 0 aliphatic carbocycles. The Morgan fingerprint density at radius 2 is 1.89 bits per heavy atom. The first-order chi connectivity index (χ1) is 13.4. The predicted octanol–water partition coefficient (Wildman–Crippen LogP) is 2.92. The van der Waals surface area contributed by atoms with Gasteiger partial charge in [0.15, 0.2) is 5.06 Å². The smallest absolute Gasteiger partial charge is 0.194 e. The van der Waals surface area contributed by atoms with Crippen LogP contribution in [0.5, 0.6) is 10.8 Å². The van der Waals surface area contributed by atoms with Crippen molar-refractivity contribution in [3.05, 3.63) is 35.0 Å². The number of para-hydroxylation sites is 2. The van der Waals surface area contributed by atoms with Crippen molar-refractivity contribution in [3.63, 3.8) is 0 Å². The van der Waals surface area contributed by atoms with E-state index in [0.29, 0.717) is 24.6 Å². The van der Waals surface area contributed by atoms with Gasteiger partial charge in [-0.05, 0) is 25.0 Å². The minimum absolute atomic E-state index is 0.245.